The first kappa shape index (κ1) is 26.1. The van der Waals surface area contributed by atoms with E-state index < -0.39 is 6.10 Å². The first-order valence-electron chi connectivity index (χ1n) is 12.7. The second kappa shape index (κ2) is 15.6. The van der Waals surface area contributed by atoms with Gasteiger partial charge in [0.05, 0.1) is 12.7 Å². The molecule has 0 saturated heterocycles. The molecule has 1 atom stereocenters. The van der Waals surface area contributed by atoms with Crippen molar-refractivity contribution in [3.8, 4) is 16.9 Å². The minimum absolute atomic E-state index is 0.0120. The number of aliphatic hydroxyl groups excluding tert-OH is 1. The van der Waals surface area contributed by atoms with Crippen LogP contribution in [-0.4, -0.2) is 23.6 Å². The fourth-order valence-corrected chi connectivity index (χ4v) is 3.91. The molecule has 3 nitrogen and oxygen atoms in total. The highest BCUT2D eigenvalue weighted by molar-refractivity contribution is 5.96. The number of unbranched alkanes of at least 4 members (excludes halogenated alkanes) is 8. The summed E-state index contributed by atoms with van der Waals surface area (Å²) in [6, 6.07) is 15.8. The first-order valence-corrected chi connectivity index (χ1v) is 12.7. The van der Waals surface area contributed by atoms with Crippen molar-refractivity contribution in [2.45, 2.75) is 97.0 Å². The predicted molar refractivity (Wildman–Crippen MR) is 134 cm³/mol. The molecule has 0 spiro atoms. The molecule has 0 amide bonds. The fourth-order valence-electron chi connectivity index (χ4n) is 3.91. The molecule has 2 rings (SSSR count). The monoisotopic (exact) mass is 438 g/mol. The molecule has 32 heavy (non-hydrogen) atoms. The van der Waals surface area contributed by atoms with E-state index in [0.29, 0.717) is 12.0 Å². The standard InChI is InChI=1S/C29H42O3/c1-3-5-7-9-10-12-22-32-28-20-18-25(19-21-28)24-14-16-26(17-15-24)29(31)23-27(30)13-11-8-6-4-2/h14-21,27,30H,3-13,22-23H2,1-2H3/t27-/m1/s1. The molecule has 1 N–H and O–H groups in total. The van der Waals surface area contributed by atoms with Gasteiger partial charge in [0, 0.05) is 12.0 Å². The molecule has 0 aliphatic rings. The van der Waals surface area contributed by atoms with E-state index in [2.05, 4.69) is 26.0 Å². The molecule has 0 fully saturated rings. The number of carbonyl (C=O) groups excluding carboxylic acids is 1. The highest BCUT2D eigenvalue weighted by atomic mass is 16.5. The Labute approximate surface area is 195 Å². The molecule has 0 bridgehead atoms. The lowest BCUT2D eigenvalue weighted by Crippen LogP contribution is -2.13. The molecule has 176 valence electrons. The maximum atomic E-state index is 12.5. The molecule has 0 unspecified atom stereocenters. The van der Waals surface area contributed by atoms with Crippen LogP contribution in [-0.2, 0) is 0 Å². The third-order valence-corrected chi connectivity index (χ3v) is 5.97. The number of carbonyl (C=O) groups is 1. The summed E-state index contributed by atoms with van der Waals surface area (Å²) in [6.45, 7) is 5.18. The van der Waals surface area contributed by atoms with Gasteiger partial charge in [-0.25, -0.2) is 0 Å². The van der Waals surface area contributed by atoms with Gasteiger partial charge >= 0.3 is 0 Å². The minimum Gasteiger partial charge on any atom is -0.494 e. The highest BCUT2D eigenvalue weighted by Gasteiger charge is 2.13. The molecule has 0 aliphatic carbocycles. The van der Waals surface area contributed by atoms with E-state index in [0.717, 1.165) is 42.7 Å². The average molecular weight is 439 g/mol. The number of ketones is 1. The van der Waals surface area contributed by atoms with Gasteiger partial charge in [0.1, 0.15) is 5.75 Å². The van der Waals surface area contributed by atoms with Crippen molar-refractivity contribution in [3.63, 3.8) is 0 Å². The van der Waals surface area contributed by atoms with Crippen LogP contribution in [0, 0.1) is 0 Å². The van der Waals surface area contributed by atoms with Crippen molar-refractivity contribution in [1.82, 2.24) is 0 Å². The SMILES string of the molecule is CCCCCCCCOc1ccc(-c2ccc(C(=O)C[C@H](O)CCCCCC)cc2)cc1. The maximum Gasteiger partial charge on any atom is 0.165 e. The van der Waals surface area contributed by atoms with Crippen LogP contribution in [0.15, 0.2) is 48.5 Å². The van der Waals surface area contributed by atoms with Crippen LogP contribution in [0.1, 0.15) is 101 Å². The van der Waals surface area contributed by atoms with Crippen molar-refractivity contribution < 1.29 is 14.6 Å². The number of ether oxygens (including phenoxy) is 1. The van der Waals surface area contributed by atoms with E-state index in [9.17, 15) is 9.90 Å². The predicted octanol–water partition coefficient (Wildman–Crippen LogP) is 8.00. The zero-order valence-electron chi connectivity index (χ0n) is 20.2. The maximum absolute atomic E-state index is 12.5. The van der Waals surface area contributed by atoms with Crippen LogP contribution in [0.2, 0.25) is 0 Å². The van der Waals surface area contributed by atoms with Gasteiger partial charge in [-0.05, 0) is 36.1 Å². The molecule has 2 aromatic rings. The van der Waals surface area contributed by atoms with Crippen molar-refractivity contribution >= 4 is 5.78 Å². The zero-order chi connectivity index (χ0) is 23.0. The Bertz CT molecular complexity index is 749. The summed E-state index contributed by atoms with van der Waals surface area (Å²) in [5, 5.41) is 10.1. The van der Waals surface area contributed by atoms with Crippen LogP contribution in [0.3, 0.4) is 0 Å². The van der Waals surface area contributed by atoms with E-state index in [1.807, 2.05) is 36.4 Å². The van der Waals surface area contributed by atoms with E-state index in [1.54, 1.807) is 0 Å². The Morgan fingerprint density at radius 2 is 1.28 bits per heavy atom. The van der Waals surface area contributed by atoms with Crippen LogP contribution in [0.4, 0.5) is 0 Å². The van der Waals surface area contributed by atoms with Crippen LogP contribution < -0.4 is 4.74 Å². The third-order valence-electron chi connectivity index (χ3n) is 5.97. The Hall–Kier alpha value is -2.13. The lowest BCUT2D eigenvalue weighted by atomic mass is 9.98. The molecule has 0 saturated carbocycles. The molecule has 2 aromatic carbocycles. The van der Waals surface area contributed by atoms with Gasteiger partial charge in [-0.15, -0.1) is 0 Å². The van der Waals surface area contributed by atoms with E-state index >= 15 is 0 Å². The van der Waals surface area contributed by atoms with Gasteiger partial charge in [-0.3, -0.25) is 4.79 Å². The molecule has 0 aromatic heterocycles. The highest BCUT2D eigenvalue weighted by Crippen LogP contribution is 2.24. The summed E-state index contributed by atoms with van der Waals surface area (Å²) in [6.07, 6.45) is 12.4. The number of Topliss-reactive ketones (excluding diaryl/α,β-unsaturated/α-hetero) is 1. The van der Waals surface area contributed by atoms with E-state index in [4.69, 9.17) is 4.74 Å². The topological polar surface area (TPSA) is 46.5 Å². The second-order valence-electron chi connectivity index (χ2n) is 8.85. The molecule has 0 radical (unpaired) electrons. The Balaban J connectivity index is 1.76. The number of benzene rings is 2. The lowest BCUT2D eigenvalue weighted by Gasteiger charge is -2.10. The summed E-state index contributed by atoms with van der Waals surface area (Å²) in [7, 11) is 0. The van der Waals surface area contributed by atoms with Crippen LogP contribution >= 0.6 is 0 Å². The summed E-state index contributed by atoms with van der Waals surface area (Å²) < 4.78 is 5.86. The number of aliphatic hydroxyl groups is 1. The third kappa shape index (κ3) is 9.99. The Kier molecular flexibility index (Phi) is 12.8. The normalized spacial score (nSPS) is 12.0. The Morgan fingerprint density at radius 1 is 0.750 bits per heavy atom. The first-order chi connectivity index (χ1) is 15.6. The molecule has 3 heteroatoms. The van der Waals surface area contributed by atoms with E-state index in [-0.39, 0.29) is 12.2 Å². The molecular formula is C29H42O3. The quantitative estimate of drug-likeness (QED) is 0.201. The summed E-state index contributed by atoms with van der Waals surface area (Å²) in [4.78, 5) is 12.5. The largest absolute Gasteiger partial charge is 0.494 e. The van der Waals surface area contributed by atoms with Gasteiger partial charge in [0.25, 0.3) is 0 Å². The van der Waals surface area contributed by atoms with Gasteiger partial charge < -0.3 is 9.84 Å². The van der Waals surface area contributed by atoms with Gasteiger partial charge in [-0.2, -0.15) is 0 Å². The molecular weight excluding hydrogens is 396 g/mol. The number of hydrogen-bond donors (Lipinski definition) is 1. The van der Waals surface area contributed by atoms with Gasteiger partial charge in [-0.1, -0.05) is 108 Å². The number of rotatable bonds is 17. The Morgan fingerprint density at radius 3 is 1.91 bits per heavy atom. The second-order valence-corrected chi connectivity index (χ2v) is 8.85. The smallest absolute Gasteiger partial charge is 0.165 e. The van der Waals surface area contributed by atoms with Crippen molar-refractivity contribution in [2.24, 2.45) is 0 Å². The fraction of sp³-hybridized carbons (Fsp3) is 0.552. The summed E-state index contributed by atoms with van der Waals surface area (Å²) >= 11 is 0. The van der Waals surface area contributed by atoms with Gasteiger partial charge in [0.15, 0.2) is 5.78 Å². The average Bonchev–Trinajstić information content (AvgIpc) is 2.82. The lowest BCUT2D eigenvalue weighted by molar-refractivity contribution is 0.0864. The van der Waals surface area contributed by atoms with Gasteiger partial charge in [0.2, 0.25) is 0 Å². The van der Waals surface area contributed by atoms with E-state index in [1.165, 1.54) is 44.9 Å². The van der Waals surface area contributed by atoms with Crippen LogP contribution in [0.25, 0.3) is 11.1 Å². The number of hydrogen-bond acceptors (Lipinski definition) is 3. The van der Waals surface area contributed by atoms with Crippen molar-refractivity contribution in [3.05, 3.63) is 54.1 Å². The molecule has 0 aliphatic heterocycles. The minimum atomic E-state index is -0.539. The summed E-state index contributed by atoms with van der Waals surface area (Å²) in [5.74, 6) is 0.917. The molecule has 0 heterocycles. The van der Waals surface area contributed by atoms with Crippen molar-refractivity contribution in [2.75, 3.05) is 6.61 Å². The summed E-state index contributed by atoms with van der Waals surface area (Å²) in [5.41, 5.74) is 2.84. The van der Waals surface area contributed by atoms with Crippen LogP contribution in [0.5, 0.6) is 5.75 Å². The van der Waals surface area contributed by atoms with Crippen molar-refractivity contribution in [1.29, 1.82) is 0 Å². The zero-order valence-corrected chi connectivity index (χ0v) is 20.2.